The Balaban J connectivity index is 2.59. The van der Waals surface area contributed by atoms with Crippen molar-refractivity contribution < 1.29 is 9.90 Å². The molecule has 2 N–H and O–H groups in total. The fourth-order valence-electron chi connectivity index (χ4n) is 1.35. The van der Waals surface area contributed by atoms with E-state index in [1.165, 1.54) is 0 Å². The predicted octanol–water partition coefficient (Wildman–Crippen LogP) is 2.59. The summed E-state index contributed by atoms with van der Waals surface area (Å²) in [7, 11) is 0. The van der Waals surface area contributed by atoms with E-state index >= 15 is 0 Å². The summed E-state index contributed by atoms with van der Waals surface area (Å²) >= 11 is 1.61. The van der Waals surface area contributed by atoms with Gasteiger partial charge in [-0.1, -0.05) is 0 Å². The maximum Gasteiger partial charge on any atom is 0.335 e. The largest absolute Gasteiger partial charge is 0.478 e. The summed E-state index contributed by atoms with van der Waals surface area (Å²) in [5, 5.41) is 10.8. The summed E-state index contributed by atoms with van der Waals surface area (Å²) in [5.74, 6) is -0.890. The Morgan fingerprint density at radius 2 is 2.21 bits per heavy atom. The molecule has 0 aliphatic heterocycles. The van der Waals surface area contributed by atoms with Gasteiger partial charge >= 0.3 is 5.97 Å². The second-order valence-corrected chi connectivity index (χ2v) is 3.79. The van der Waals surface area contributed by atoms with Crippen molar-refractivity contribution in [2.75, 3.05) is 6.26 Å². The number of H-pyrrole nitrogens is 1. The molecule has 0 saturated carbocycles. The van der Waals surface area contributed by atoms with Gasteiger partial charge in [0.1, 0.15) is 0 Å². The van der Waals surface area contributed by atoms with Crippen molar-refractivity contribution in [3.63, 3.8) is 0 Å². The molecule has 1 heterocycles. The van der Waals surface area contributed by atoms with Crippen molar-refractivity contribution in [2.24, 2.45) is 0 Å². The number of aromatic carboxylic acids is 1. The van der Waals surface area contributed by atoms with Crippen molar-refractivity contribution in [1.29, 1.82) is 0 Å². The minimum atomic E-state index is -0.890. The molecule has 0 spiro atoms. The van der Waals surface area contributed by atoms with Gasteiger partial charge in [0.25, 0.3) is 0 Å². The third kappa shape index (κ3) is 1.48. The zero-order valence-corrected chi connectivity index (χ0v) is 8.39. The normalized spacial score (nSPS) is 10.6. The van der Waals surface area contributed by atoms with Crippen LogP contribution in [0, 0.1) is 0 Å². The van der Waals surface area contributed by atoms with Crippen LogP contribution in [0.2, 0.25) is 0 Å². The third-order valence-electron chi connectivity index (χ3n) is 2.06. The van der Waals surface area contributed by atoms with Crippen LogP contribution < -0.4 is 0 Å². The molecule has 0 atom stereocenters. The van der Waals surface area contributed by atoms with E-state index in [0.29, 0.717) is 5.56 Å². The molecule has 0 aliphatic rings. The molecule has 1 aromatic heterocycles. The van der Waals surface area contributed by atoms with Gasteiger partial charge in [0, 0.05) is 10.9 Å². The van der Waals surface area contributed by atoms with Crippen LogP contribution >= 0.6 is 11.8 Å². The Hall–Kier alpha value is -1.42. The van der Waals surface area contributed by atoms with Crippen LogP contribution in [-0.4, -0.2) is 22.3 Å². The van der Waals surface area contributed by atoms with Crippen molar-refractivity contribution in [1.82, 2.24) is 4.98 Å². The van der Waals surface area contributed by atoms with E-state index in [4.69, 9.17) is 5.11 Å². The fraction of sp³-hybridized carbons (Fsp3) is 0.100. The Morgan fingerprint density at radius 3 is 2.86 bits per heavy atom. The number of fused-ring (bicyclic) bond motifs is 1. The van der Waals surface area contributed by atoms with Crippen LogP contribution in [0.25, 0.3) is 10.9 Å². The van der Waals surface area contributed by atoms with Gasteiger partial charge in [-0.05, 0) is 30.5 Å². The average molecular weight is 207 g/mol. The van der Waals surface area contributed by atoms with E-state index in [1.54, 1.807) is 30.0 Å². The summed E-state index contributed by atoms with van der Waals surface area (Å²) in [6, 6.07) is 7.02. The van der Waals surface area contributed by atoms with Crippen LogP contribution in [0.3, 0.4) is 0 Å². The molecule has 2 rings (SSSR count). The molecule has 2 aromatic rings. The Kier molecular flexibility index (Phi) is 2.21. The Labute approximate surface area is 85.1 Å². The van der Waals surface area contributed by atoms with Crippen LogP contribution in [0.4, 0.5) is 0 Å². The molecule has 4 heteroatoms. The van der Waals surface area contributed by atoms with Crippen LogP contribution in [0.5, 0.6) is 0 Å². The molecule has 0 unspecified atom stereocenters. The van der Waals surface area contributed by atoms with Crippen LogP contribution in [0.15, 0.2) is 29.3 Å². The highest BCUT2D eigenvalue weighted by molar-refractivity contribution is 7.98. The van der Waals surface area contributed by atoms with Crippen molar-refractivity contribution in [3.05, 3.63) is 29.8 Å². The maximum atomic E-state index is 10.7. The third-order valence-corrected chi connectivity index (χ3v) is 2.72. The number of rotatable bonds is 2. The number of aromatic amines is 1. The second-order valence-electron chi connectivity index (χ2n) is 2.94. The number of hydrogen-bond acceptors (Lipinski definition) is 2. The van der Waals surface area contributed by atoms with Gasteiger partial charge in [-0.3, -0.25) is 0 Å². The molecule has 0 aliphatic carbocycles. The van der Waals surface area contributed by atoms with E-state index < -0.39 is 5.97 Å². The summed E-state index contributed by atoms with van der Waals surface area (Å²) < 4.78 is 0. The molecular formula is C10H9NO2S. The van der Waals surface area contributed by atoms with E-state index in [0.717, 1.165) is 15.9 Å². The molecule has 0 bridgehead atoms. The minimum absolute atomic E-state index is 0.323. The number of thioether (sulfide) groups is 1. The van der Waals surface area contributed by atoms with Gasteiger partial charge in [0.2, 0.25) is 0 Å². The number of carboxylic acid groups (broad SMARTS) is 1. The lowest BCUT2D eigenvalue weighted by Crippen LogP contribution is -1.94. The molecule has 3 nitrogen and oxygen atoms in total. The second kappa shape index (κ2) is 3.38. The fourth-order valence-corrected chi connectivity index (χ4v) is 1.81. The average Bonchev–Trinajstić information content (AvgIpc) is 2.58. The summed E-state index contributed by atoms with van der Waals surface area (Å²) in [6.07, 6.45) is 1.98. The molecule has 14 heavy (non-hydrogen) atoms. The number of hydrogen-bond donors (Lipinski definition) is 2. The number of aromatic nitrogens is 1. The van der Waals surface area contributed by atoms with E-state index in [2.05, 4.69) is 4.98 Å². The molecule has 0 radical (unpaired) electrons. The van der Waals surface area contributed by atoms with Gasteiger partial charge in [0.15, 0.2) is 0 Å². The highest BCUT2D eigenvalue weighted by Crippen LogP contribution is 2.22. The quantitative estimate of drug-likeness (QED) is 0.744. The van der Waals surface area contributed by atoms with E-state index in [1.807, 2.05) is 12.3 Å². The first-order chi connectivity index (χ1) is 6.70. The predicted molar refractivity (Wildman–Crippen MR) is 57.0 cm³/mol. The highest BCUT2D eigenvalue weighted by Gasteiger charge is 2.05. The molecule has 0 fully saturated rings. The summed E-state index contributed by atoms with van der Waals surface area (Å²) in [5.41, 5.74) is 1.29. The van der Waals surface area contributed by atoms with Crippen LogP contribution in [0.1, 0.15) is 10.4 Å². The zero-order valence-electron chi connectivity index (χ0n) is 7.57. The van der Waals surface area contributed by atoms with Crippen LogP contribution in [-0.2, 0) is 0 Å². The Morgan fingerprint density at radius 1 is 1.43 bits per heavy atom. The van der Waals surface area contributed by atoms with Gasteiger partial charge in [-0.25, -0.2) is 4.79 Å². The lowest BCUT2D eigenvalue weighted by Gasteiger charge is -1.93. The molecule has 0 saturated heterocycles. The lowest BCUT2D eigenvalue weighted by molar-refractivity contribution is 0.0697. The van der Waals surface area contributed by atoms with Crippen molar-refractivity contribution in [3.8, 4) is 0 Å². The number of carbonyl (C=O) groups is 1. The summed E-state index contributed by atoms with van der Waals surface area (Å²) in [4.78, 5) is 13.9. The summed E-state index contributed by atoms with van der Waals surface area (Å²) in [6.45, 7) is 0. The first-order valence-corrected chi connectivity index (χ1v) is 5.33. The van der Waals surface area contributed by atoms with Gasteiger partial charge in [-0.2, -0.15) is 0 Å². The number of nitrogens with one attached hydrogen (secondary N) is 1. The molecule has 0 amide bonds. The number of benzene rings is 1. The first-order valence-electron chi connectivity index (χ1n) is 4.11. The molecular weight excluding hydrogens is 198 g/mol. The highest BCUT2D eigenvalue weighted by atomic mass is 32.2. The van der Waals surface area contributed by atoms with Gasteiger partial charge in [0.05, 0.1) is 10.6 Å². The molecule has 1 aromatic carbocycles. The van der Waals surface area contributed by atoms with E-state index in [-0.39, 0.29) is 0 Å². The van der Waals surface area contributed by atoms with E-state index in [9.17, 15) is 4.79 Å². The maximum absolute atomic E-state index is 10.7. The van der Waals surface area contributed by atoms with Crippen molar-refractivity contribution >= 4 is 28.6 Å². The lowest BCUT2D eigenvalue weighted by atomic mass is 10.1. The topological polar surface area (TPSA) is 53.1 Å². The van der Waals surface area contributed by atoms with Gasteiger partial charge in [-0.15, -0.1) is 11.8 Å². The molecule has 72 valence electrons. The minimum Gasteiger partial charge on any atom is -0.478 e. The zero-order chi connectivity index (χ0) is 10.1. The SMILES string of the molecule is CSc1cc2cc(C(=O)O)ccc2[nH]1. The number of carboxylic acids is 1. The first kappa shape index (κ1) is 9.15. The standard InChI is InChI=1S/C10H9NO2S/c1-14-9-5-7-4-6(10(12)13)2-3-8(7)11-9/h2-5,11H,1H3,(H,12,13). The monoisotopic (exact) mass is 207 g/mol. The Bertz CT molecular complexity index is 490. The smallest absolute Gasteiger partial charge is 0.335 e. The van der Waals surface area contributed by atoms with Gasteiger partial charge < -0.3 is 10.1 Å². The van der Waals surface area contributed by atoms with Crippen molar-refractivity contribution in [2.45, 2.75) is 5.03 Å².